The number of anilines is 1. The molecule has 1 N–H and O–H groups in total. The summed E-state index contributed by atoms with van der Waals surface area (Å²) in [6.45, 7) is 3.86. The molecule has 1 atom stereocenters. The lowest BCUT2D eigenvalue weighted by atomic mass is 10.00. The van der Waals surface area contributed by atoms with Gasteiger partial charge < -0.3 is 19.5 Å². The molecule has 2 heterocycles. The topological polar surface area (TPSA) is 29.4 Å². The predicted octanol–water partition coefficient (Wildman–Crippen LogP) is 4.61. The van der Waals surface area contributed by atoms with E-state index < -0.39 is 0 Å². The average Bonchev–Trinajstić information content (AvgIpc) is 3.18. The third-order valence-corrected chi connectivity index (χ3v) is 5.37. The standard InChI is InChI=1S/C22H23N3OS/c1-16-5-9-18(10-6-16)23-22(27)25-15-14-24-13-3-4-20(24)21(25)17-7-11-19(26-2)12-8-17/h3-13,21H,14-15H2,1-2H3,(H,23,27)/t21-/m1/s1. The molecule has 0 bridgehead atoms. The minimum Gasteiger partial charge on any atom is -0.497 e. The summed E-state index contributed by atoms with van der Waals surface area (Å²) in [7, 11) is 1.69. The molecule has 4 rings (SSSR count). The summed E-state index contributed by atoms with van der Waals surface area (Å²) < 4.78 is 7.62. The summed E-state index contributed by atoms with van der Waals surface area (Å²) in [5.74, 6) is 0.858. The molecule has 0 amide bonds. The first-order valence-electron chi connectivity index (χ1n) is 9.09. The molecule has 4 nitrogen and oxygen atoms in total. The van der Waals surface area contributed by atoms with Gasteiger partial charge in [-0.1, -0.05) is 29.8 Å². The SMILES string of the molecule is COc1ccc([C@@H]2c3cccn3CCN2C(=S)Nc2ccc(C)cc2)cc1. The summed E-state index contributed by atoms with van der Waals surface area (Å²) in [6, 6.07) is 20.9. The molecule has 5 heteroatoms. The Hall–Kier alpha value is -2.79. The summed E-state index contributed by atoms with van der Waals surface area (Å²) in [6.07, 6.45) is 2.14. The zero-order valence-electron chi connectivity index (χ0n) is 15.6. The highest BCUT2D eigenvalue weighted by Crippen LogP contribution is 2.33. The molecule has 0 spiro atoms. The van der Waals surface area contributed by atoms with Gasteiger partial charge in [-0.25, -0.2) is 0 Å². The number of ether oxygens (including phenoxy) is 1. The Balaban J connectivity index is 1.65. The van der Waals surface area contributed by atoms with Crippen molar-refractivity contribution in [3.63, 3.8) is 0 Å². The van der Waals surface area contributed by atoms with E-state index in [-0.39, 0.29) is 6.04 Å². The van der Waals surface area contributed by atoms with Crippen molar-refractivity contribution in [1.29, 1.82) is 0 Å². The van der Waals surface area contributed by atoms with Crippen LogP contribution in [0.4, 0.5) is 5.69 Å². The third-order valence-electron chi connectivity index (χ3n) is 5.03. The van der Waals surface area contributed by atoms with Crippen molar-refractivity contribution in [1.82, 2.24) is 9.47 Å². The van der Waals surface area contributed by atoms with Crippen LogP contribution in [-0.4, -0.2) is 28.2 Å². The normalized spacial score (nSPS) is 15.9. The maximum Gasteiger partial charge on any atom is 0.174 e. The summed E-state index contributed by atoms with van der Waals surface area (Å²) in [5.41, 5.74) is 4.70. The van der Waals surface area contributed by atoms with E-state index >= 15 is 0 Å². The van der Waals surface area contributed by atoms with Crippen LogP contribution in [0.5, 0.6) is 5.75 Å². The summed E-state index contributed by atoms with van der Waals surface area (Å²) in [4.78, 5) is 2.27. The number of rotatable bonds is 3. The summed E-state index contributed by atoms with van der Waals surface area (Å²) >= 11 is 5.80. The molecule has 0 unspecified atom stereocenters. The monoisotopic (exact) mass is 377 g/mol. The van der Waals surface area contributed by atoms with E-state index in [1.165, 1.54) is 16.8 Å². The fourth-order valence-corrected chi connectivity index (χ4v) is 3.89. The predicted molar refractivity (Wildman–Crippen MR) is 113 cm³/mol. The number of methoxy groups -OCH3 is 1. The van der Waals surface area contributed by atoms with Crippen LogP contribution in [0.2, 0.25) is 0 Å². The van der Waals surface area contributed by atoms with Crippen molar-refractivity contribution in [2.45, 2.75) is 19.5 Å². The van der Waals surface area contributed by atoms with Crippen molar-refractivity contribution in [2.24, 2.45) is 0 Å². The zero-order valence-corrected chi connectivity index (χ0v) is 16.4. The first kappa shape index (κ1) is 17.6. The maximum absolute atomic E-state index is 5.80. The molecule has 0 saturated heterocycles. The van der Waals surface area contributed by atoms with E-state index in [0.717, 1.165) is 29.6 Å². The number of hydrogen-bond donors (Lipinski definition) is 1. The number of fused-ring (bicyclic) bond motifs is 1. The summed E-state index contributed by atoms with van der Waals surface area (Å²) in [5, 5.41) is 4.15. The van der Waals surface area contributed by atoms with E-state index in [1.54, 1.807) is 7.11 Å². The Kier molecular flexibility index (Phi) is 4.86. The van der Waals surface area contributed by atoms with Gasteiger partial charge in [-0.3, -0.25) is 0 Å². The van der Waals surface area contributed by atoms with E-state index in [4.69, 9.17) is 17.0 Å². The van der Waals surface area contributed by atoms with Crippen LogP contribution in [0.3, 0.4) is 0 Å². The maximum atomic E-state index is 5.80. The number of aryl methyl sites for hydroxylation is 1. The van der Waals surface area contributed by atoms with Gasteiger partial charge in [0, 0.05) is 30.7 Å². The lowest BCUT2D eigenvalue weighted by Crippen LogP contribution is -2.44. The van der Waals surface area contributed by atoms with E-state index in [2.05, 4.69) is 76.4 Å². The van der Waals surface area contributed by atoms with Gasteiger partial charge in [0.25, 0.3) is 0 Å². The smallest absolute Gasteiger partial charge is 0.174 e. The fraction of sp³-hybridized carbons (Fsp3) is 0.227. The number of benzene rings is 2. The van der Waals surface area contributed by atoms with Gasteiger partial charge in [-0.2, -0.15) is 0 Å². The van der Waals surface area contributed by atoms with Gasteiger partial charge >= 0.3 is 0 Å². The Morgan fingerprint density at radius 3 is 2.48 bits per heavy atom. The Bertz CT molecular complexity index is 931. The van der Waals surface area contributed by atoms with Crippen LogP contribution >= 0.6 is 12.2 Å². The van der Waals surface area contributed by atoms with Crippen molar-refractivity contribution in [2.75, 3.05) is 19.0 Å². The molecule has 1 aromatic heterocycles. The molecule has 1 aliphatic rings. The molecule has 1 aliphatic heterocycles. The van der Waals surface area contributed by atoms with Gasteiger partial charge in [-0.05, 0) is 61.1 Å². The van der Waals surface area contributed by atoms with Crippen LogP contribution < -0.4 is 10.1 Å². The molecular formula is C22H23N3OS. The third kappa shape index (κ3) is 3.55. The first-order chi connectivity index (χ1) is 13.2. The molecule has 2 aromatic carbocycles. The van der Waals surface area contributed by atoms with Crippen LogP contribution in [0.1, 0.15) is 22.9 Å². The van der Waals surface area contributed by atoms with E-state index in [0.29, 0.717) is 0 Å². The highest BCUT2D eigenvalue weighted by molar-refractivity contribution is 7.80. The number of nitrogens with one attached hydrogen (secondary N) is 1. The Morgan fingerprint density at radius 1 is 1.04 bits per heavy atom. The van der Waals surface area contributed by atoms with Gasteiger partial charge in [0.15, 0.2) is 5.11 Å². The number of thiocarbonyl (C=S) groups is 1. The minimum absolute atomic E-state index is 0.0742. The Morgan fingerprint density at radius 2 is 1.78 bits per heavy atom. The fourth-order valence-electron chi connectivity index (χ4n) is 3.57. The van der Waals surface area contributed by atoms with Crippen LogP contribution in [0.25, 0.3) is 0 Å². The van der Waals surface area contributed by atoms with Crippen LogP contribution in [0, 0.1) is 6.92 Å². The molecule has 27 heavy (non-hydrogen) atoms. The second kappa shape index (κ2) is 7.45. The molecule has 0 radical (unpaired) electrons. The second-order valence-corrected chi connectivity index (χ2v) is 7.18. The van der Waals surface area contributed by atoms with E-state index in [1.807, 2.05) is 12.1 Å². The van der Waals surface area contributed by atoms with Gasteiger partial charge in [-0.15, -0.1) is 0 Å². The molecule has 0 fully saturated rings. The van der Waals surface area contributed by atoms with Crippen molar-refractivity contribution < 1.29 is 4.74 Å². The van der Waals surface area contributed by atoms with Crippen molar-refractivity contribution in [3.8, 4) is 5.75 Å². The van der Waals surface area contributed by atoms with Gasteiger partial charge in [0.05, 0.1) is 13.2 Å². The van der Waals surface area contributed by atoms with Crippen LogP contribution in [-0.2, 0) is 6.54 Å². The number of nitrogens with zero attached hydrogens (tertiary/aromatic N) is 2. The first-order valence-corrected chi connectivity index (χ1v) is 9.50. The van der Waals surface area contributed by atoms with Gasteiger partial charge in [0.1, 0.15) is 5.75 Å². The number of aromatic nitrogens is 1. The van der Waals surface area contributed by atoms with Crippen molar-refractivity contribution in [3.05, 3.63) is 83.7 Å². The van der Waals surface area contributed by atoms with E-state index in [9.17, 15) is 0 Å². The minimum atomic E-state index is 0.0742. The second-order valence-electron chi connectivity index (χ2n) is 6.79. The number of hydrogen-bond acceptors (Lipinski definition) is 2. The highest BCUT2D eigenvalue weighted by Gasteiger charge is 2.30. The molecule has 138 valence electrons. The molecule has 3 aromatic rings. The molecule has 0 aliphatic carbocycles. The lowest BCUT2D eigenvalue weighted by Gasteiger charge is -2.39. The van der Waals surface area contributed by atoms with Crippen molar-refractivity contribution >= 4 is 23.0 Å². The quantitative estimate of drug-likeness (QED) is 0.675. The molecule has 0 saturated carbocycles. The van der Waals surface area contributed by atoms with Gasteiger partial charge in [0.2, 0.25) is 0 Å². The largest absolute Gasteiger partial charge is 0.497 e. The average molecular weight is 378 g/mol. The lowest BCUT2D eigenvalue weighted by molar-refractivity contribution is 0.293. The zero-order chi connectivity index (χ0) is 18.8. The van der Waals surface area contributed by atoms with Crippen LogP contribution in [0.15, 0.2) is 66.9 Å². The molecular weight excluding hydrogens is 354 g/mol. The highest BCUT2D eigenvalue weighted by atomic mass is 32.1. The Labute approximate surface area is 165 Å².